The molecule has 1 aliphatic carbocycles. The van der Waals surface area contributed by atoms with Crippen molar-refractivity contribution in [3.63, 3.8) is 0 Å². The van der Waals surface area contributed by atoms with Gasteiger partial charge in [-0.15, -0.1) is 0 Å². The molecule has 0 aromatic carbocycles. The van der Waals surface area contributed by atoms with Gasteiger partial charge in [0.2, 0.25) is 5.91 Å². The minimum absolute atomic E-state index is 0.283. The van der Waals surface area contributed by atoms with Crippen LogP contribution in [0.1, 0.15) is 37.8 Å². The lowest BCUT2D eigenvalue weighted by atomic mass is 10.0. The number of nitrogens with zero attached hydrogens (tertiary/aromatic N) is 3. The zero-order valence-electron chi connectivity index (χ0n) is 14.1. The lowest BCUT2D eigenvalue weighted by molar-refractivity contribution is -0.129. The predicted molar refractivity (Wildman–Crippen MR) is 92.1 cm³/mol. The highest BCUT2D eigenvalue weighted by Crippen LogP contribution is 2.23. The third-order valence-corrected chi connectivity index (χ3v) is 5.07. The Bertz CT molecular complexity index is 555. The molecule has 1 unspecified atom stereocenters. The molecule has 1 saturated heterocycles. The summed E-state index contributed by atoms with van der Waals surface area (Å²) in [7, 11) is 2.18. The number of allylic oxidation sites excluding steroid dienone is 1. The molecule has 1 aromatic rings. The van der Waals surface area contributed by atoms with E-state index < -0.39 is 0 Å². The van der Waals surface area contributed by atoms with Crippen molar-refractivity contribution >= 4 is 5.91 Å². The summed E-state index contributed by atoms with van der Waals surface area (Å²) in [5, 5.41) is 0. The molecule has 2 heterocycles. The van der Waals surface area contributed by atoms with Gasteiger partial charge in [0.25, 0.3) is 0 Å². The first-order chi connectivity index (χ1) is 11.2. The Hall–Kier alpha value is -1.68. The molecule has 2 aliphatic rings. The van der Waals surface area contributed by atoms with Crippen molar-refractivity contribution in [2.24, 2.45) is 0 Å². The SMILES string of the molecule is CN(CCc1ccccn1)C1CCCN(C(=O)C2=CCCC2)C1. The number of likely N-dealkylation sites (tertiary alicyclic amines) is 1. The van der Waals surface area contributed by atoms with E-state index in [9.17, 15) is 4.79 Å². The fourth-order valence-electron chi connectivity index (χ4n) is 3.59. The van der Waals surface area contributed by atoms with Gasteiger partial charge in [0.15, 0.2) is 0 Å². The molecule has 4 heteroatoms. The van der Waals surface area contributed by atoms with E-state index >= 15 is 0 Å². The van der Waals surface area contributed by atoms with E-state index in [1.54, 1.807) is 0 Å². The van der Waals surface area contributed by atoms with Gasteiger partial charge in [-0.3, -0.25) is 9.78 Å². The Labute approximate surface area is 139 Å². The van der Waals surface area contributed by atoms with Crippen molar-refractivity contribution in [1.29, 1.82) is 0 Å². The Balaban J connectivity index is 1.52. The van der Waals surface area contributed by atoms with E-state index in [2.05, 4.69) is 34.0 Å². The first kappa shape index (κ1) is 16.2. The molecule has 1 aromatic heterocycles. The lowest BCUT2D eigenvalue weighted by Gasteiger charge is -2.38. The fraction of sp³-hybridized carbons (Fsp3) is 0.579. The van der Waals surface area contributed by atoms with Gasteiger partial charge in [0.05, 0.1) is 0 Å². The van der Waals surface area contributed by atoms with Gasteiger partial charge >= 0.3 is 0 Å². The molecule has 0 saturated carbocycles. The van der Waals surface area contributed by atoms with Crippen LogP contribution in [-0.2, 0) is 11.2 Å². The summed E-state index contributed by atoms with van der Waals surface area (Å²) in [5.74, 6) is 0.283. The highest BCUT2D eigenvalue weighted by atomic mass is 16.2. The van der Waals surface area contributed by atoms with Crippen LogP contribution < -0.4 is 0 Å². The molecule has 1 amide bonds. The van der Waals surface area contributed by atoms with E-state index in [1.807, 2.05) is 18.3 Å². The number of likely N-dealkylation sites (N-methyl/N-ethyl adjacent to an activating group) is 1. The zero-order chi connectivity index (χ0) is 16.1. The summed E-state index contributed by atoms with van der Waals surface area (Å²) in [6.45, 7) is 2.78. The van der Waals surface area contributed by atoms with Crippen LogP contribution in [0.3, 0.4) is 0 Å². The summed E-state index contributed by atoms with van der Waals surface area (Å²) >= 11 is 0. The monoisotopic (exact) mass is 313 g/mol. The standard InChI is InChI=1S/C19H27N3O/c1-21(14-11-17-9-4-5-12-20-17)18-10-6-13-22(15-18)19(23)16-7-2-3-8-16/h4-5,7,9,12,18H,2-3,6,8,10-11,13-15H2,1H3. The smallest absolute Gasteiger partial charge is 0.249 e. The number of aromatic nitrogens is 1. The molecular formula is C19H27N3O. The van der Waals surface area contributed by atoms with Crippen molar-refractivity contribution < 1.29 is 4.79 Å². The maximum absolute atomic E-state index is 12.6. The van der Waals surface area contributed by atoms with Gasteiger partial charge < -0.3 is 9.80 Å². The molecule has 124 valence electrons. The molecule has 0 bridgehead atoms. The first-order valence-electron chi connectivity index (χ1n) is 8.82. The second kappa shape index (κ2) is 7.73. The minimum Gasteiger partial charge on any atom is -0.337 e. The lowest BCUT2D eigenvalue weighted by Crippen LogP contribution is -2.49. The van der Waals surface area contributed by atoms with Crippen LogP contribution in [0, 0.1) is 0 Å². The van der Waals surface area contributed by atoms with Crippen molar-refractivity contribution in [1.82, 2.24) is 14.8 Å². The van der Waals surface area contributed by atoms with Gasteiger partial charge in [0, 0.05) is 49.6 Å². The van der Waals surface area contributed by atoms with E-state index in [-0.39, 0.29) is 5.91 Å². The van der Waals surface area contributed by atoms with Gasteiger partial charge in [-0.25, -0.2) is 0 Å². The van der Waals surface area contributed by atoms with Gasteiger partial charge in [-0.2, -0.15) is 0 Å². The summed E-state index contributed by atoms with van der Waals surface area (Å²) in [4.78, 5) is 21.4. The molecule has 1 aliphatic heterocycles. The number of hydrogen-bond donors (Lipinski definition) is 0. The number of carbonyl (C=O) groups is 1. The zero-order valence-corrected chi connectivity index (χ0v) is 14.1. The average molecular weight is 313 g/mol. The molecule has 3 rings (SSSR count). The summed E-state index contributed by atoms with van der Waals surface area (Å²) in [5.41, 5.74) is 2.18. The highest BCUT2D eigenvalue weighted by molar-refractivity contribution is 5.93. The Morgan fingerprint density at radius 2 is 2.30 bits per heavy atom. The second-order valence-electron chi connectivity index (χ2n) is 6.72. The third-order valence-electron chi connectivity index (χ3n) is 5.07. The van der Waals surface area contributed by atoms with E-state index in [0.717, 1.165) is 63.0 Å². The molecule has 1 atom stereocenters. The molecule has 0 radical (unpaired) electrons. The molecule has 1 fully saturated rings. The molecule has 23 heavy (non-hydrogen) atoms. The molecule has 4 nitrogen and oxygen atoms in total. The summed E-state index contributed by atoms with van der Waals surface area (Å²) in [6.07, 6.45) is 10.4. The number of piperidine rings is 1. The largest absolute Gasteiger partial charge is 0.337 e. The number of pyridine rings is 1. The highest BCUT2D eigenvalue weighted by Gasteiger charge is 2.28. The number of rotatable bonds is 5. The maximum Gasteiger partial charge on any atom is 0.249 e. The number of carbonyl (C=O) groups excluding carboxylic acids is 1. The molecule has 0 spiro atoms. The Morgan fingerprint density at radius 3 is 3.04 bits per heavy atom. The van der Waals surface area contributed by atoms with Crippen LogP contribution in [0.15, 0.2) is 36.0 Å². The normalized spacial score (nSPS) is 21.6. The maximum atomic E-state index is 12.6. The van der Waals surface area contributed by atoms with Crippen LogP contribution in [0.4, 0.5) is 0 Å². The van der Waals surface area contributed by atoms with Crippen LogP contribution in [0.5, 0.6) is 0 Å². The van der Waals surface area contributed by atoms with E-state index in [4.69, 9.17) is 0 Å². The third kappa shape index (κ3) is 4.20. The van der Waals surface area contributed by atoms with Crippen LogP contribution in [-0.4, -0.2) is 53.4 Å². The van der Waals surface area contributed by atoms with Crippen LogP contribution in [0.25, 0.3) is 0 Å². The quantitative estimate of drug-likeness (QED) is 0.838. The van der Waals surface area contributed by atoms with Gasteiger partial charge in [-0.1, -0.05) is 12.1 Å². The van der Waals surface area contributed by atoms with Crippen LogP contribution >= 0.6 is 0 Å². The summed E-state index contributed by atoms with van der Waals surface area (Å²) in [6, 6.07) is 6.55. The van der Waals surface area contributed by atoms with Crippen molar-refractivity contribution in [2.45, 2.75) is 44.6 Å². The summed E-state index contributed by atoms with van der Waals surface area (Å²) < 4.78 is 0. The van der Waals surface area contributed by atoms with Crippen LogP contribution in [0.2, 0.25) is 0 Å². The Kier molecular flexibility index (Phi) is 5.44. The number of amides is 1. The van der Waals surface area contributed by atoms with Crippen molar-refractivity contribution in [3.8, 4) is 0 Å². The average Bonchev–Trinajstić information content (AvgIpc) is 3.14. The van der Waals surface area contributed by atoms with Crippen molar-refractivity contribution in [2.75, 3.05) is 26.7 Å². The second-order valence-corrected chi connectivity index (χ2v) is 6.72. The molecule has 0 N–H and O–H groups in total. The fourth-order valence-corrected chi connectivity index (χ4v) is 3.59. The topological polar surface area (TPSA) is 36.4 Å². The van der Waals surface area contributed by atoms with Gasteiger partial charge in [0.1, 0.15) is 0 Å². The van der Waals surface area contributed by atoms with E-state index in [1.165, 1.54) is 6.42 Å². The minimum atomic E-state index is 0.283. The van der Waals surface area contributed by atoms with Gasteiger partial charge in [-0.05, 0) is 51.3 Å². The predicted octanol–water partition coefficient (Wildman–Crippen LogP) is 2.66. The Morgan fingerprint density at radius 1 is 1.39 bits per heavy atom. The number of hydrogen-bond acceptors (Lipinski definition) is 3. The first-order valence-corrected chi connectivity index (χ1v) is 8.82. The molecular weight excluding hydrogens is 286 g/mol. The van der Waals surface area contributed by atoms with Crippen molar-refractivity contribution in [3.05, 3.63) is 41.7 Å². The van der Waals surface area contributed by atoms with E-state index in [0.29, 0.717) is 6.04 Å².